The standard InChI is InChI=1S/C53H38N2/c1-53(2)48-23-12-11-22-45(48)46-29-28-40(33-49(46)53)39-18-13-19-41(32-39)42-30-31-47(44-21-10-9-20-43(42)44)51-34-50(54-52(55-51)38-16-7-4-8-17-38)37-26-24-36(25-27-37)35-14-5-3-6-15-35/h3-34H,1-2H3/i9D,10D,20D,21D,30D,31D. The highest BCUT2D eigenvalue weighted by atomic mass is 14.9. The summed E-state index contributed by atoms with van der Waals surface area (Å²) in [6, 6.07) is 50.3. The van der Waals surface area contributed by atoms with Crippen LogP contribution in [0.25, 0.3) is 89.2 Å². The van der Waals surface area contributed by atoms with E-state index in [1.807, 2.05) is 97.1 Å². The lowest BCUT2D eigenvalue weighted by Gasteiger charge is -2.22. The lowest BCUT2D eigenvalue weighted by molar-refractivity contribution is 0.660. The molecule has 1 heterocycles. The fourth-order valence-electron chi connectivity index (χ4n) is 7.99. The smallest absolute Gasteiger partial charge is 0.160 e. The molecular weight excluding hydrogens is 665 g/mol. The van der Waals surface area contributed by atoms with Crippen LogP contribution in [0.3, 0.4) is 0 Å². The molecule has 260 valence electrons. The lowest BCUT2D eigenvalue weighted by Crippen LogP contribution is -2.14. The first-order valence-corrected chi connectivity index (χ1v) is 18.5. The Morgan fingerprint density at radius 2 is 0.927 bits per heavy atom. The molecule has 0 atom stereocenters. The minimum atomic E-state index is -0.425. The first-order valence-electron chi connectivity index (χ1n) is 21.5. The van der Waals surface area contributed by atoms with Gasteiger partial charge in [0.15, 0.2) is 5.82 Å². The number of nitrogens with zero attached hydrogens (tertiary/aromatic N) is 2. The largest absolute Gasteiger partial charge is 0.228 e. The van der Waals surface area contributed by atoms with Gasteiger partial charge in [-0.05, 0) is 84.6 Å². The Morgan fingerprint density at radius 1 is 0.382 bits per heavy atom. The molecular formula is C53H38N2. The first kappa shape index (κ1) is 26.8. The normalized spacial score (nSPS) is 14.2. The Labute approximate surface area is 330 Å². The highest BCUT2D eigenvalue weighted by molar-refractivity contribution is 6.05. The lowest BCUT2D eigenvalue weighted by atomic mass is 9.81. The van der Waals surface area contributed by atoms with Gasteiger partial charge in [-0.15, -0.1) is 0 Å². The number of rotatable bonds is 6. The van der Waals surface area contributed by atoms with Crippen LogP contribution < -0.4 is 0 Å². The van der Waals surface area contributed by atoms with E-state index < -0.39 is 12.1 Å². The number of benzene rings is 8. The van der Waals surface area contributed by atoms with Crippen LogP contribution >= 0.6 is 0 Å². The van der Waals surface area contributed by atoms with E-state index in [1.54, 1.807) is 6.07 Å². The Balaban J connectivity index is 1.17. The minimum Gasteiger partial charge on any atom is -0.228 e. The highest BCUT2D eigenvalue weighted by Crippen LogP contribution is 2.49. The van der Waals surface area contributed by atoms with Gasteiger partial charge in [-0.25, -0.2) is 9.97 Å². The quantitative estimate of drug-likeness (QED) is 0.172. The van der Waals surface area contributed by atoms with Crippen LogP contribution in [0.2, 0.25) is 0 Å². The molecule has 0 unspecified atom stereocenters. The maximum atomic E-state index is 9.68. The van der Waals surface area contributed by atoms with Crippen molar-refractivity contribution < 1.29 is 8.22 Å². The van der Waals surface area contributed by atoms with E-state index in [2.05, 4.69) is 68.4 Å². The second kappa shape index (κ2) is 13.2. The third-order valence-corrected chi connectivity index (χ3v) is 10.9. The Bertz CT molecular complexity index is 3220. The van der Waals surface area contributed by atoms with Crippen molar-refractivity contribution in [3.63, 3.8) is 0 Å². The summed E-state index contributed by atoms with van der Waals surface area (Å²) >= 11 is 0. The van der Waals surface area contributed by atoms with E-state index in [-0.39, 0.29) is 57.2 Å². The zero-order valence-electron chi connectivity index (χ0n) is 36.4. The van der Waals surface area contributed by atoms with Gasteiger partial charge in [0.25, 0.3) is 0 Å². The highest BCUT2D eigenvalue weighted by Gasteiger charge is 2.35. The SMILES string of the molecule is [2H]c1c([2H])c([2H])c2c(-c3cc(-c4ccc(-c5ccccc5)cc4)nc(-c4ccccc4)n3)c([2H])c([2H])c(-c3cccc(-c4ccc5c(c4)C(C)(C)c4ccccc4-5)c3)c2c1[2H]. The monoisotopic (exact) mass is 708 g/mol. The van der Waals surface area contributed by atoms with Crippen molar-refractivity contribution in [3.05, 3.63) is 205 Å². The van der Waals surface area contributed by atoms with Crippen molar-refractivity contribution >= 4 is 10.8 Å². The third-order valence-electron chi connectivity index (χ3n) is 10.9. The molecule has 1 aliphatic rings. The molecule has 0 fully saturated rings. The van der Waals surface area contributed by atoms with Crippen LogP contribution in [0.1, 0.15) is 33.2 Å². The zero-order valence-corrected chi connectivity index (χ0v) is 30.4. The maximum absolute atomic E-state index is 9.68. The fraction of sp³-hybridized carbons (Fsp3) is 0.0566. The Hall–Kier alpha value is -6.90. The van der Waals surface area contributed by atoms with E-state index in [1.165, 1.54) is 22.3 Å². The molecule has 2 nitrogen and oxygen atoms in total. The molecule has 0 aliphatic heterocycles. The second-order valence-corrected chi connectivity index (χ2v) is 14.5. The summed E-state index contributed by atoms with van der Waals surface area (Å²) in [6.07, 6.45) is 0. The molecule has 0 bridgehead atoms. The predicted molar refractivity (Wildman–Crippen MR) is 230 cm³/mol. The first-order chi connectivity index (χ1) is 29.5. The van der Waals surface area contributed by atoms with Crippen molar-refractivity contribution in [1.82, 2.24) is 9.97 Å². The molecule has 10 rings (SSSR count). The van der Waals surface area contributed by atoms with Gasteiger partial charge in [0.2, 0.25) is 0 Å². The van der Waals surface area contributed by atoms with E-state index in [9.17, 15) is 5.48 Å². The second-order valence-electron chi connectivity index (χ2n) is 14.5. The number of hydrogen-bond acceptors (Lipinski definition) is 2. The predicted octanol–water partition coefficient (Wildman–Crippen LogP) is 13.9. The van der Waals surface area contributed by atoms with Gasteiger partial charge in [0.05, 0.1) is 19.6 Å². The van der Waals surface area contributed by atoms with Gasteiger partial charge in [-0.2, -0.15) is 0 Å². The third kappa shape index (κ3) is 5.75. The van der Waals surface area contributed by atoms with Gasteiger partial charge in [-0.3, -0.25) is 0 Å². The van der Waals surface area contributed by atoms with Crippen LogP contribution in [-0.2, 0) is 5.41 Å². The van der Waals surface area contributed by atoms with E-state index in [0.717, 1.165) is 33.4 Å². The van der Waals surface area contributed by atoms with E-state index in [4.69, 9.17) is 12.7 Å². The van der Waals surface area contributed by atoms with Gasteiger partial charge in [0.1, 0.15) is 0 Å². The molecule has 1 aliphatic carbocycles. The molecule has 55 heavy (non-hydrogen) atoms. The molecule has 0 saturated heterocycles. The topological polar surface area (TPSA) is 25.8 Å². The van der Waals surface area contributed by atoms with E-state index in [0.29, 0.717) is 17.1 Å². The van der Waals surface area contributed by atoms with Crippen LogP contribution in [0.15, 0.2) is 194 Å². The van der Waals surface area contributed by atoms with Gasteiger partial charge < -0.3 is 0 Å². The maximum Gasteiger partial charge on any atom is 0.160 e. The molecule has 9 aromatic rings. The van der Waals surface area contributed by atoms with Gasteiger partial charge in [0, 0.05) is 22.1 Å². The summed E-state index contributed by atoms with van der Waals surface area (Å²) < 4.78 is 55.6. The Morgan fingerprint density at radius 3 is 1.71 bits per heavy atom. The molecule has 0 radical (unpaired) electrons. The van der Waals surface area contributed by atoms with Crippen molar-refractivity contribution in [2.24, 2.45) is 0 Å². The van der Waals surface area contributed by atoms with E-state index >= 15 is 0 Å². The molecule has 0 spiro atoms. The van der Waals surface area contributed by atoms with Gasteiger partial charge >= 0.3 is 0 Å². The zero-order chi connectivity index (χ0) is 42.2. The summed E-state index contributed by atoms with van der Waals surface area (Å²) in [5, 5.41) is 0.297. The van der Waals surface area contributed by atoms with Crippen LogP contribution in [0, 0.1) is 0 Å². The minimum absolute atomic E-state index is 0.132. The summed E-state index contributed by atoms with van der Waals surface area (Å²) in [5.41, 5.74) is 12.1. The van der Waals surface area contributed by atoms with Crippen molar-refractivity contribution in [3.8, 4) is 78.4 Å². The number of fused-ring (bicyclic) bond motifs is 4. The van der Waals surface area contributed by atoms with Crippen molar-refractivity contribution in [1.29, 1.82) is 0 Å². The summed E-state index contributed by atoms with van der Waals surface area (Å²) in [4.78, 5) is 9.97. The van der Waals surface area contributed by atoms with Crippen LogP contribution in [-0.4, -0.2) is 9.97 Å². The van der Waals surface area contributed by atoms with Crippen molar-refractivity contribution in [2.45, 2.75) is 19.3 Å². The molecule has 1 aromatic heterocycles. The molecule has 0 amide bonds. The fourth-order valence-corrected chi connectivity index (χ4v) is 7.99. The van der Waals surface area contributed by atoms with Gasteiger partial charge in [-0.1, -0.05) is 190 Å². The Kier molecular flexibility index (Phi) is 6.43. The van der Waals surface area contributed by atoms with Crippen LogP contribution in [0.5, 0.6) is 0 Å². The molecule has 8 aromatic carbocycles. The average molecular weight is 709 g/mol. The van der Waals surface area contributed by atoms with Crippen LogP contribution in [0.4, 0.5) is 0 Å². The number of hydrogen-bond donors (Lipinski definition) is 0. The number of aromatic nitrogens is 2. The summed E-state index contributed by atoms with van der Waals surface area (Å²) in [7, 11) is 0. The molecule has 0 saturated carbocycles. The summed E-state index contributed by atoms with van der Waals surface area (Å²) in [6.45, 7) is 4.48. The van der Waals surface area contributed by atoms with Crippen molar-refractivity contribution in [2.75, 3.05) is 0 Å². The average Bonchev–Trinajstić information content (AvgIpc) is 3.53. The summed E-state index contributed by atoms with van der Waals surface area (Å²) in [5.74, 6) is 0.387. The molecule has 0 N–H and O–H groups in total. The molecule has 2 heteroatoms.